The van der Waals surface area contributed by atoms with E-state index in [2.05, 4.69) is 11.8 Å². The van der Waals surface area contributed by atoms with Gasteiger partial charge in [0.2, 0.25) is 0 Å². The van der Waals surface area contributed by atoms with Gasteiger partial charge in [-0.25, -0.2) is 0 Å². The second-order valence-electron chi connectivity index (χ2n) is 2.94. The van der Waals surface area contributed by atoms with Crippen LogP contribution in [0.4, 0.5) is 0 Å². The summed E-state index contributed by atoms with van der Waals surface area (Å²) in [6, 6.07) is 0. The van der Waals surface area contributed by atoms with Gasteiger partial charge in [0.15, 0.2) is 0 Å². The summed E-state index contributed by atoms with van der Waals surface area (Å²) < 4.78 is 5.27. The molecule has 0 radical (unpaired) electrons. The van der Waals surface area contributed by atoms with Crippen LogP contribution in [0, 0.1) is 0 Å². The molecule has 0 amide bonds. The highest BCUT2D eigenvalue weighted by Crippen LogP contribution is 1.91. The summed E-state index contributed by atoms with van der Waals surface area (Å²) in [5, 5.41) is 0. The molecule has 4 heteroatoms. The van der Waals surface area contributed by atoms with E-state index in [9.17, 15) is 0 Å². The van der Waals surface area contributed by atoms with E-state index in [0.29, 0.717) is 11.5 Å². The van der Waals surface area contributed by atoms with Crippen LogP contribution in [0.3, 0.4) is 0 Å². The van der Waals surface area contributed by atoms with Gasteiger partial charge in [-0.15, -0.1) is 0 Å². The monoisotopic (exact) mass is 204 g/mol. The van der Waals surface area contributed by atoms with Gasteiger partial charge in [-0.1, -0.05) is 19.1 Å². The molecule has 0 unspecified atom stereocenters. The maximum Gasteiger partial charge on any atom is 0.0870 e. The van der Waals surface area contributed by atoms with Crippen LogP contribution in [0.25, 0.3) is 0 Å². The number of thiocarbonyl (C=S) groups is 1. The molecule has 0 saturated heterocycles. The Morgan fingerprint density at radius 1 is 1.38 bits per heavy atom. The Hall–Kier alpha value is -0.190. The molecule has 0 rings (SSSR count). The fourth-order valence-corrected chi connectivity index (χ4v) is 1.33. The number of hydrogen-bond donors (Lipinski definition) is 1. The van der Waals surface area contributed by atoms with Crippen LogP contribution in [-0.4, -0.2) is 42.7 Å². The van der Waals surface area contributed by atoms with Crippen LogP contribution >= 0.6 is 12.2 Å². The normalized spacial score (nSPS) is 10.7. The Morgan fingerprint density at radius 3 is 2.54 bits per heavy atom. The summed E-state index contributed by atoms with van der Waals surface area (Å²) in [4.78, 5) is 2.78. The molecule has 0 aromatic heterocycles. The van der Waals surface area contributed by atoms with Gasteiger partial charge >= 0.3 is 0 Å². The lowest BCUT2D eigenvalue weighted by Crippen LogP contribution is -2.35. The molecular weight excluding hydrogens is 184 g/mol. The first kappa shape index (κ1) is 12.8. The van der Waals surface area contributed by atoms with Gasteiger partial charge in [0.05, 0.1) is 11.6 Å². The lowest BCUT2D eigenvalue weighted by Gasteiger charge is -2.20. The molecule has 0 aliphatic carbocycles. The Balaban J connectivity index is 3.59. The predicted molar refractivity (Wildman–Crippen MR) is 60.0 cm³/mol. The van der Waals surface area contributed by atoms with Crippen molar-refractivity contribution >= 4 is 17.2 Å². The summed E-state index contributed by atoms with van der Waals surface area (Å²) >= 11 is 4.86. The minimum absolute atomic E-state index is 0.560. The van der Waals surface area contributed by atoms with E-state index in [1.165, 1.54) is 0 Å². The van der Waals surface area contributed by atoms with Crippen molar-refractivity contribution in [2.45, 2.75) is 20.3 Å². The lowest BCUT2D eigenvalue weighted by atomic mass is 10.4. The Labute approximate surface area is 86.2 Å². The van der Waals surface area contributed by atoms with Crippen molar-refractivity contribution in [3.8, 4) is 0 Å². The van der Waals surface area contributed by atoms with Crippen LogP contribution in [0.1, 0.15) is 20.3 Å². The average Bonchev–Trinajstić information content (AvgIpc) is 2.04. The molecule has 0 atom stereocenters. The first-order valence-electron chi connectivity index (χ1n) is 4.79. The van der Waals surface area contributed by atoms with Crippen molar-refractivity contribution in [2.75, 3.05) is 32.8 Å². The molecule has 0 saturated carbocycles. The molecular formula is C9H20N2OS. The van der Waals surface area contributed by atoms with Crippen molar-refractivity contribution in [3.63, 3.8) is 0 Å². The van der Waals surface area contributed by atoms with Crippen LogP contribution in [-0.2, 0) is 4.74 Å². The summed E-state index contributed by atoms with van der Waals surface area (Å²) in [5.41, 5.74) is 5.48. The molecule has 0 heterocycles. The zero-order chi connectivity index (χ0) is 10.1. The third-order valence-corrected chi connectivity index (χ3v) is 1.80. The molecule has 0 aromatic rings. The summed E-state index contributed by atoms with van der Waals surface area (Å²) in [5.74, 6) is 0. The van der Waals surface area contributed by atoms with Crippen molar-refractivity contribution in [2.24, 2.45) is 5.73 Å². The van der Waals surface area contributed by atoms with Crippen molar-refractivity contribution in [3.05, 3.63) is 0 Å². The SMILES string of the molecule is CCCN(CCOCC)CC(N)=S. The van der Waals surface area contributed by atoms with Crippen LogP contribution in [0.5, 0.6) is 0 Å². The lowest BCUT2D eigenvalue weighted by molar-refractivity contribution is 0.119. The van der Waals surface area contributed by atoms with E-state index >= 15 is 0 Å². The van der Waals surface area contributed by atoms with Crippen LogP contribution < -0.4 is 5.73 Å². The Bertz CT molecular complexity index is 142. The number of nitrogens with two attached hydrogens (primary N) is 1. The van der Waals surface area contributed by atoms with Gasteiger partial charge in [-0.3, -0.25) is 4.90 Å². The fraction of sp³-hybridized carbons (Fsp3) is 0.889. The molecule has 2 N–H and O–H groups in total. The maximum atomic E-state index is 5.48. The van der Waals surface area contributed by atoms with E-state index in [4.69, 9.17) is 22.7 Å². The molecule has 0 spiro atoms. The average molecular weight is 204 g/mol. The number of ether oxygens (including phenoxy) is 1. The zero-order valence-electron chi connectivity index (χ0n) is 8.58. The van der Waals surface area contributed by atoms with Gasteiger partial charge in [0.25, 0.3) is 0 Å². The van der Waals surface area contributed by atoms with Gasteiger partial charge in [0, 0.05) is 19.7 Å². The highest BCUT2D eigenvalue weighted by Gasteiger charge is 2.03. The highest BCUT2D eigenvalue weighted by atomic mass is 32.1. The van der Waals surface area contributed by atoms with Crippen molar-refractivity contribution in [1.82, 2.24) is 4.90 Å². The van der Waals surface area contributed by atoms with E-state index in [0.717, 1.165) is 32.7 Å². The fourth-order valence-electron chi connectivity index (χ4n) is 1.14. The minimum atomic E-state index is 0.560. The van der Waals surface area contributed by atoms with Crippen molar-refractivity contribution < 1.29 is 4.74 Å². The van der Waals surface area contributed by atoms with Crippen molar-refractivity contribution in [1.29, 1.82) is 0 Å². The number of hydrogen-bond acceptors (Lipinski definition) is 3. The first-order valence-corrected chi connectivity index (χ1v) is 5.19. The van der Waals surface area contributed by atoms with Crippen LogP contribution in [0.2, 0.25) is 0 Å². The summed E-state index contributed by atoms with van der Waals surface area (Å²) in [6.07, 6.45) is 1.12. The molecule has 3 nitrogen and oxygen atoms in total. The minimum Gasteiger partial charge on any atom is -0.392 e. The van der Waals surface area contributed by atoms with E-state index in [1.807, 2.05) is 6.92 Å². The van der Waals surface area contributed by atoms with Gasteiger partial charge in [0.1, 0.15) is 0 Å². The summed E-state index contributed by atoms with van der Waals surface area (Å²) in [7, 11) is 0. The molecule has 13 heavy (non-hydrogen) atoms. The second-order valence-corrected chi connectivity index (χ2v) is 3.46. The van der Waals surface area contributed by atoms with E-state index in [1.54, 1.807) is 0 Å². The molecule has 0 aromatic carbocycles. The summed E-state index contributed by atoms with van der Waals surface area (Å²) in [6.45, 7) is 8.33. The van der Waals surface area contributed by atoms with Crippen LogP contribution in [0.15, 0.2) is 0 Å². The van der Waals surface area contributed by atoms with Gasteiger partial charge in [-0.05, 0) is 19.9 Å². The number of nitrogens with zero attached hydrogens (tertiary/aromatic N) is 1. The Morgan fingerprint density at radius 2 is 2.08 bits per heavy atom. The Kier molecular flexibility index (Phi) is 8.29. The van der Waals surface area contributed by atoms with E-state index in [-0.39, 0.29) is 0 Å². The molecule has 0 aliphatic heterocycles. The third kappa shape index (κ3) is 8.15. The third-order valence-electron chi connectivity index (χ3n) is 1.68. The van der Waals surface area contributed by atoms with Gasteiger partial charge in [-0.2, -0.15) is 0 Å². The standard InChI is InChI=1S/C9H20N2OS/c1-3-5-11(8-9(10)13)6-7-12-4-2/h3-8H2,1-2H3,(H2,10,13). The first-order chi connectivity index (χ1) is 6.20. The quantitative estimate of drug-likeness (QED) is 0.473. The number of rotatable bonds is 8. The predicted octanol–water partition coefficient (Wildman–Crippen LogP) is 1.02. The largest absolute Gasteiger partial charge is 0.392 e. The van der Waals surface area contributed by atoms with Gasteiger partial charge < -0.3 is 10.5 Å². The molecule has 0 bridgehead atoms. The maximum absolute atomic E-state index is 5.48. The zero-order valence-corrected chi connectivity index (χ0v) is 9.40. The highest BCUT2D eigenvalue weighted by molar-refractivity contribution is 7.80. The smallest absolute Gasteiger partial charge is 0.0870 e. The molecule has 0 fully saturated rings. The molecule has 78 valence electrons. The van der Waals surface area contributed by atoms with E-state index < -0.39 is 0 Å². The second kappa shape index (κ2) is 8.41. The molecule has 0 aliphatic rings. The topological polar surface area (TPSA) is 38.5 Å².